The van der Waals surface area contributed by atoms with E-state index < -0.39 is 24.4 Å². The van der Waals surface area contributed by atoms with Crippen molar-refractivity contribution in [1.82, 2.24) is 35.9 Å². The van der Waals surface area contributed by atoms with Crippen LogP contribution in [0.5, 0.6) is 23.0 Å². The number of nitrogens with zero attached hydrogens (tertiary/aromatic N) is 12. The quantitative estimate of drug-likeness (QED) is 0.0169. The van der Waals surface area contributed by atoms with E-state index in [2.05, 4.69) is 73.1 Å². The number of ether oxygens (including phenoxy) is 9. The van der Waals surface area contributed by atoms with E-state index in [1.807, 2.05) is 13.8 Å². The number of carbonyl (C=O) groups excluding carboxylic acids is 12. The van der Waals surface area contributed by atoms with E-state index in [9.17, 15) is 75.1 Å². The molecule has 16 heterocycles. The summed E-state index contributed by atoms with van der Waals surface area (Å²) in [6.07, 6.45) is 2.79. The monoisotopic (exact) mass is 2190 g/mol. The number of hydrogen-bond acceptors (Lipinski definition) is 29. The zero-order chi connectivity index (χ0) is 101. The van der Waals surface area contributed by atoms with Crippen LogP contribution in [0.1, 0.15) is 114 Å². The molecule has 5 N–H and O–H groups in total. The molecule has 4 fully saturated rings. The number of cyclic esters (lactones) is 4. The summed E-state index contributed by atoms with van der Waals surface area (Å²) in [5.41, 5.74) is 15.8. The Labute approximate surface area is 840 Å². The first-order valence-electron chi connectivity index (χ1n) is 46.3. The number of anilines is 8. The van der Waals surface area contributed by atoms with Gasteiger partial charge in [-0.05, 0) is 186 Å². The van der Waals surface area contributed by atoms with Crippen molar-refractivity contribution in [2.45, 2.75) is 149 Å². The molecule has 12 aliphatic rings. The van der Waals surface area contributed by atoms with Crippen molar-refractivity contribution < 1.29 is 118 Å². The number of nitrogens with two attached hydrogens (primary N) is 1. The van der Waals surface area contributed by atoms with Crippen LogP contribution in [0.2, 0.25) is 0 Å². The number of Topliss-reactive ketones (excluding diaryl/α,β-unsaturated/α-hetero) is 4. The van der Waals surface area contributed by atoms with Crippen molar-refractivity contribution in [3.05, 3.63) is 188 Å². The second-order valence-corrected chi connectivity index (χ2v) is 34.5. The predicted octanol–water partition coefficient (Wildman–Crippen LogP) is 10.6. The van der Waals surface area contributed by atoms with Crippen LogP contribution in [0.25, 0.3) is 0 Å². The molecule has 4 aromatic heterocycles. The van der Waals surface area contributed by atoms with E-state index in [1.165, 1.54) is 70.6 Å². The topological polar surface area (TPSA) is 428 Å². The summed E-state index contributed by atoms with van der Waals surface area (Å²) in [5.74, 6) is 2.53. The van der Waals surface area contributed by atoms with Crippen LogP contribution >= 0.6 is 37.2 Å². The average Bonchev–Trinajstić information content (AvgIpc) is 1.63. The molecule has 12 aliphatic heterocycles. The SMILES string of the molecule is C.CC.CN1C(=O)Cc2ccc(F)c(CCNCCC3CN(c4ccc5c(n4)CC(=O)CO5)C(=O)O3)c21.CN1C(=O)Cc2ccc(F)c(CCNCCC3CN(c4ccc5c(n4)CC(=O)CO5)C(=O)O3)c21.CN1C(=O)Cc2ccc(F)c(CCNCCC3CN(c4ccc5c(n4)CC(=O)CO5)C(=O)O3)c21.COCc1c(F)ccc2c1N(C)C(=O)C2.II.NCCC1CN(c2ccc3c(n2)CC(=O)CO3)C(=O)O1. The smallest absolute Gasteiger partial charge is 0.415 e. The van der Waals surface area contributed by atoms with Gasteiger partial charge in [0.25, 0.3) is 0 Å². The molecule has 4 atom stereocenters. The summed E-state index contributed by atoms with van der Waals surface area (Å²) in [6, 6.07) is 26.0. The lowest BCUT2D eigenvalue weighted by atomic mass is 10.0. The van der Waals surface area contributed by atoms with Crippen LogP contribution in [-0.4, -0.2) is 249 Å². The number of nitrogens with one attached hydrogen (secondary N) is 3. The predicted molar refractivity (Wildman–Crippen MR) is 532 cm³/mol. The highest BCUT2D eigenvalue weighted by molar-refractivity contribution is 15.0. The largest absolute Gasteiger partial charge is 0.484 e. The highest BCUT2D eigenvalue weighted by atomic mass is 128. The second-order valence-electron chi connectivity index (χ2n) is 34.5. The number of likely N-dealkylation sites (N-methyl/N-ethyl adjacent to an activating group) is 4. The third kappa shape index (κ3) is 24.9. The maximum atomic E-state index is 14.4. The van der Waals surface area contributed by atoms with E-state index in [4.69, 9.17) is 48.4 Å². The molecule has 756 valence electrons. The number of hydrogen-bond donors (Lipinski definition) is 4. The highest BCUT2D eigenvalue weighted by Gasteiger charge is 2.41. The fourth-order valence-corrected chi connectivity index (χ4v) is 18.1. The Morgan fingerprint density at radius 1 is 0.352 bits per heavy atom. The molecule has 4 saturated heterocycles. The zero-order valence-corrected chi connectivity index (χ0v) is 83.1. The van der Waals surface area contributed by atoms with Crippen LogP contribution < -0.4 is 79.8 Å². The molecule has 8 amide bonds. The number of ketones is 4. The van der Waals surface area contributed by atoms with Crippen molar-refractivity contribution >= 4 is 154 Å². The fraction of sp³-hybridized carbons (Fsp3) is 0.434. The van der Waals surface area contributed by atoms with Gasteiger partial charge in [0.1, 0.15) is 120 Å². The molecule has 0 aliphatic carbocycles. The van der Waals surface area contributed by atoms with Gasteiger partial charge in [-0.25, -0.2) is 56.7 Å². The van der Waals surface area contributed by atoms with Crippen LogP contribution in [0.15, 0.2) is 97.1 Å². The molecule has 0 radical (unpaired) electrons. The van der Waals surface area contributed by atoms with Crippen LogP contribution in [0.3, 0.4) is 0 Å². The molecule has 8 aromatic rings. The normalized spacial score (nSPS) is 18.5. The minimum Gasteiger partial charge on any atom is -0.484 e. The first-order chi connectivity index (χ1) is 68.0. The number of pyridine rings is 4. The molecule has 4 unspecified atom stereocenters. The Balaban J connectivity index is 0.000000151. The average molecular weight is 2190 g/mol. The van der Waals surface area contributed by atoms with E-state index in [-0.39, 0.29) is 161 Å². The highest BCUT2D eigenvalue weighted by Crippen LogP contribution is 2.40. The lowest BCUT2D eigenvalue weighted by molar-refractivity contribution is -0.122. The van der Waals surface area contributed by atoms with Gasteiger partial charge in [0.2, 0.25) is 23.6 Å². The number of methoxy groups -OCH3 is 1. The third-order valence-electron chi connectivity index (χ3n) is 25.1. The fourth-order valence-electron chi connectivity index (χ4n) is 18.1. The van der Waals surface area contributed by atoms with Crippen LogP contribution in [0.4, 0.5) is 82.8 Å². The minimum absolute atomic E-state index is 0. The molecule has 20 rings (SSSR count). The number of rotatable bonds is 26. The Bertz CT molecular complexity index is 5700. The summed E-state index contributed by atoms with van der Waals surface area (Å²) in [7, 11) is 8.19. The maximum absolute atomic E-state index is 14.4. The van der Waals surface area contributed by atoms with Gasteiger partial charge in [-0.15, -0.1) is 0 Å². The number of aromatic nitrogens is 4. The van der Waals surface area contributed by atoms with Crippen molar-refractivity contribution in [3.63, 3.8) is 0 Å². The molecule has 37 nitrogen and oxygen atoms in total. The van der Waals surface area contributed by atoms with Gasteiger partial charge in [-0.1, -0.05) is 45.5 Å². The summed E-state index contributed by atoms with van der Waals surface area (Å²) in [4.78, 5) is 172. The molecule has 4 aromatic carbocycles. The van der Waals surface area contributed by atoms with E-state index in [1.54, 1.807) is 101 Å². The Kier molecular flexibility index (Phi) is 36.7. The molecular weight excluding hydrogens is 2080 g/mol. The maximum Gasteiger partial charge on any atom is 0.415 e. The van der Waals surface area contributed by atoms with Crippen molar-refractivity contribution in [2.24, 2.45) is 5.73 Å². The molecule has 0 bridgehead atoms. The number of halogens is 6. The standard InChI is InChI=1S/3C24H25FN4O5.C13H15N3O4.C11H12FNO2.C2H6.CH4.I2/c3*1-28-22(31)10-14-2-3-18(25)17(23(14)28)7-9-26-8-6-16-12-29(24(32)34-16)21-5-4-20-19(27-21)11-15(30)13-33-20;14-4-3-9-6-16(13(18)20-9)12-2-1-11-10(15-12)5-8(17)7-19-11;1-13-10(14)5-7-3-4-9(12)8(6-15-2)11(7)13;1-2;;1-2/h3*2-5,16,26H,6-13H2,1H3;1-2,9H,3-7,14H2;3-4H,5-6H2,1-2H3;1-2H3;1H4;. The lowest BCUT2D eigenvalue weighted by Gasteiger charge is -2.18. The van der Waals surface area contributed by atoms with Gasteiger partial charge in [0, 0.05) is 94.8 Å². The summed E-state index contributed by atoms with van der Waals surface area (Å²) in [5, 5.41) is 9.81. The summed E-state index contributed by atoms with van der Waals surface area (Å²) < 4.78 is 105. The van der Waals surface area contributed by atoms with Gasteiger partial charge in [-0.3, -0.25) is 58.0 Å². The van der Waals surface area contributed by atoms with Gasteiger partial charge in [0.15, 0.2) is 23.1 Å². The first-order valence-corrected chi connectivity index (χ1v) is 52.5. The Morgan fingerprint density at radius 2 is 0.592 bits per heavy atom. The first kappa shape index (κ1) is 107. The molecule has 0 spiro atoms. The Morgan fingerprint density at radius 3 is 0.838 bits per heavy atom. The van der Waals surface area contributed by atoms with E-state index >= 15 is 0 Å². The molecule has 0 saturated carbocycles. The van der Waals surface area contributed by atoms with Crippen LogP contribution in [-0.2, 0) is 139 Å². The van der Waals surface area contributed by atoms with Crippen molar-refractivity contribution in [1.29, 1.82) is 0 Å². The summed E-state index contributed by atoms with van der Waals surface area (Å²) >= 11 is 4.24. The van der Waals surface area contributed by atoms with Crippen LogP contribution in [0, 0.1) is 23.3 Å². The number of benzene rings is 4. The third-order valence-corrected chi connectivity index (χ3v) is 25.1. The minimum atomic E-state index is -0.477. The van der Waals surface area contributed by atoms with Gasteiger partial charge < -0.3 is 83.9 Å². The van der Waals surface area contributed by atoms with Crippen molar-refractivity contribution in [2.75, 3.05) is 173 Å². The van der Waals surface area contributed by atoms with Gasteiger partial charge in [0.05, 0.1) is 130 Å². The Hall–Kier alpha value is -12.7. The lowest BCUT2D eigenvalue weighted by Crippen LogP contribution is -2.28. The van der Waals surface area contributed by atoms with Gasteiger partial charge >= 0.3 is 24.4 Å². The number of fused-ring (bicyclic) bond motifs is 8. The molecule has 142 heavy (non-hydrogen) atoms. The summed E-state index contributed by atoms with van der Waals surface area (Å²) in [6.45, 7) is 9.69. The van der Waals surface area contributed by atoms with E-state index in [0.29, 0.717) is 257 Å². The number of amides is 8. The molecular formula is C99H112F4I2N16O21. The molecule has 43 heteroatoms. The number of carbonyl (C=O) groups is 12. The van der Waals surface area contributed by atoms with E-state index in [0.717, 1.165) is 22.3 Å². The zero-order valence-electron chi connectivity index (χ0n) is 78.8. The second kappa shape index (κ2) is 48.9. The van der Waals surface area contributed by atoms with Crippen molar-refractivity contribution in [3.8, 4) is 23.0 Å². The van der Waals surface area contributed by atoms with Gasteiger partial charge in [-0.2, -0.15) is 0 Å².